The van der Waals surface area contributed by atoms with E-state index < -0.39 is 0 Å². The lowest BCUT2D eigenvalue weighted by atomic mass is 10.1. The van der Waals surface area contributed by atoms with E-state index in [2.05, 4.69) is 10.1 Å². The quantitative estimate of drug-likeness (QED) is 0.541. The van der Waals surface area contributed by atoms with Crippen LogP contribution in [-0.2, 0) is 0 Å². The van der Waals surface area contributed by atoms with Crippen molar-refractivity contribution < 1.29 is 5.11 Å². The molecule has 0 spiro atoms. The van der Waals surface area contributed by atoms with Crippen LogP contribution >= 0.6 is 11.6 Å². The van der Waals surface area contributed by atoms with E-state index in [1.54, 1.807) is 16.8 Å². The number of aryl methyl sites for hydroxylation is 1. The van der Waals surface area contributed by atoms with Crippen molar-refractivity contribution in [2.24, 2.45) is 0 Å². The van der Waals surface area contributed by atoms with Crippen molar-refractivity contribution in [3.8, 4) is 11.4 Å². The van der Waals surface area contributed by atoms with Crippen LogP contribution in [0.3, 0.4) is 0 Å². The minimum atomic E-state index is 0.170. The van der Waals surface area contributed by atoms with Crippen molar-refractivity contribution in [1.29, 1.82) is 0 Å². The molecule has 0 saturated heterocycles. The number of halogens is 1. The first-order valence-corrected chi connectivity index (χ1v) is 8.58. The average molecular weight is 362 g/mol. The van der Waals surface area contributed by atoms with Gasteiger partial charge < -0.3 is 5.11 Å². The maximum atomic E-state index is 9.98. The molecule has 4 rings (SSSR count). The number of pyridine rings is 1. The molecule has 4 nitrogen and oxygen atoms in total. The number of phenols is 1. The fraction of sp³-hybridized carbons (Fsp3) is 0.0476. The zero-order chi connectivity index (χ0) is 18.1. The van der Waals surface area contributed by atoms with Crippen LogP contribution in [0.5, 0.6) is 5.75 Å². The second-order valence-corrected chi connectivity index (χ2v) is 6.31. The Hall–Kier alpha value is -3.11. The van der Waals surface area contributed by atoms with E-state index in [0.29, 0.717) is 10.7 Å². The molecule has 0 atom stereocenters. The molecule has 1 N–H and O–H groups in total. The molecule has 0 aliphatic carbocycles. The Balaban J connectivity index is 1.71. The molecule has 128 valence electrons. The number of fused-ring (bicyclic) bond motifs is 1. The molecule has 0 radical (unpaired) electrons. The number of benzene rings is 2. The highest BCUT2D eigenvalue weighted by atomic mass is 35.5. The highest BCUT2D eigenvalue weighted by molar-refractivity contribution is 6.31. The first-order valence-electron chi connectivity index (χ1n) is 8.21. The van der Waals surface area contributed by atoms with Gasteiger partial charge in [0.15, 0.2) is 0 Å². The SMILES string of the molecule is Cc1nn(-c2ccccc2)c(Cl)c1/C=C/c1ccc2cccc(O)c2n1. The zero-order valence-electron chi connectivity index (χ0n) is 14.1. The summed E-state index contributed by atoms with van der Waals surface area (Å²) < 4.78 is 1.72. The second-order valence-electron chi connectivity index (χ2n) is 5.96. The van der Waals surface area contributed by atoms with Crippen molar-refractivity contribution in [1.82, 2.24) is 14.8 Å². The van der Waals surface area contributed by atoms with Crippen LogP contribution in [-0.4, -0.2) is 19.9 Å². The van der Waals surface area contributed by atoms with E-state index in [4.69, 9.17) is 11.6 Å². The smallest absolute Gasteiger partial charge is 0.141 e. The molecule has 0 unspecified atom stereocenters. The Morgan fingerprint density at radius 1 is 0.962 bits per heavy atom. The van der Waals surface area contributed by atoms with E-state index in [9.17, 15) is 5.11 Å². The van der Waals surface area contributed by atoms with Gasteiger partial charge in [0.2, 0.25) is 0 Å². The van der Waals surface area contributed by atoms with Gasteiger partial charge in [0.1, 0.15) is 16.4 Å². The summed E-state index contributed by atoms with van der Waals surface area (Å²) >= 11 is 6.54. The average Bonchev–Trinajstić information content (AvgIpc) is 2.95. The lowest BCUT2D eigenvalue weighted by Crippen LogP contribution is -1.95. The van der Waals surface area contributed by atoms with E-state index in [0.717, 1.165) is 28.0 Å². The molecule has 5 heteroatoms. The monoisotopic (exact) mass is 361 g/mol. The number of aromatic hydroxyl groups is 1. The lowest BCUT2D eigenvalue weighted by Gasteiger charge is -2.02. The van der Waals surface area contributed by atoms with Crippen LogP contribution in [0, 0.1) is 6.92 Å². The second kappa shape index (κ2) is 6.65. The fourth-order valence-corrected chi connectivity index (χ4v) is 3.18. The maximum Gasteiger partial charge on any atom is 0.141 e. The van der Waals surface area contributed by atoms with E-state index >= 15 is 0 Å². The third-order valence-electron chi connectivity index (χ3n) is 4.19. The van der Waals surface area contributed by atoms with Crippen LogP contribution in [0.15, 0.2) is 60.7 Å². The van der Waals surface area contributed by atoms with Gasteiger partial charge in [0.05, 0.1) is 17.1 Å². The molecule has 4 aromatic rings. The van der Waals surface area contributed by atoms with Crippen LogP contribution in [0.1, 0.15) is 17.0 Å². The van der Waals surface area contributed by atoms with Gasteiger partial charge in [-0.05, 0) is 43.3 Å². The van der Waals surface area contributed by atoms with Gasteiger partial charge >= 0.3 is 0 Å². The summed E-state index contributed by atoms with van der Waals surface area (Å²) in [4.78, 5) is 4.51. The third-order valence-corrected chi connectivity index (χ3v) is 4.55. The van der Waals surface area contributed by atoms with Crippen LogP contribution in [0.4, 0.5) is 0 Å². The van der Waals surface area contributed by atoms with Crippen LogP contribution in [0.25, 0.3) is 28.7 Å². The van der Waals surface area contributed by atoms with Crippen molar-refractivity contribution in [2.75, 3.05) is 0 Å². The van der Waals surface area contributed by atoms with Gasteiger partial charge in [-0.15, -0.1) is 0 Å². The number of hydrogen-bond donors (Lipinski definition) is 1. The summed E-state index contributed by atoms with van der Waals surface area (Å²) in [6, 6.07) is 19.0. The third kappa shape index (κ3) is 2.95. The molecule has 0 amide bonds. The minimum Gasteiger partial charge on any atom is -0.506 e. The van der Waals surface area contributed by atoms with Crippen LogP contribution in [0.2, 0.25) is 5.15 Å². The van der Waals surface area contributed by atoms with Crippen molar-refractivity contribution >= 4 is 34.7 Å². The molecular weight excluding hydrogens is 346 g/mol. The predicted octanol–water partition coefficient (Wildman–Crippen LogP) is 5.26. The summed E-state index contributed by atoms with van der Waals surface area (Å²) in [5, 5.41) is 16.0. The number of rotatable bonds is 3. The first-order chi connectivity index (χ1) is 12.6. The van der Waals surface area contributed by atoms with Gasteiger partial charge in [-0.1, -0.05) is 48.0 Å². The standard InChI is InChI=1S/C21H16ClN3O/c1-14-18(21(22)25(24-14)17-7-3-2-4-8-17)13-12-16-11-10-15-6-5-9-19(26)20(15)23-16/h2-13,26H,1H3/b13-12+. The number of para-hydroxylation sites is 2. The summed E-state index contributed by atoms with van der Waals surface area (Å²) in [7, 11) is 0. The molecule has 2 heterocycles. The number of nitrogens with zero attached hydrogens (tertiary/aromatic N) is 3. The lowest BCUT2D eigenvalue weighted by molar-refractivity contribution is 0.480. The molecule has 26 heavy (non-hydrogen) atoms. The van der Waals surface area contributed by atoms with Gasteiger partial charge in [0, 0.05) is 10.9 Å². The Morgan fingerprint density at radius 3 is 2.58 bits per heavy atom. The van der Waals surface area contributed by atoms with Gasteiger partial charge in [-0.2, -0.15) is 5.10 Å². The largest absolute Gasteiger partial charge is 0.506 e. The number of phenolic OH excluding ortho intramolecular Hbond substituents is 1. The topological polar surface area (TPSA) is 50.9 Å². The van der Waals surface area contributed by atoms with Crippen molar-refractivity contribution in [3.63, 3.8) is 0 Å². The molecular formula is C21H16ClN3O. The molecule has 2 aromatic heterocycles. The molecule has 0 saturated carbocycles. The van der Waals surface area contributed by atoms with Crippen molar-refractivity contribution in [3.05, 3.63) is 82.8 Å². The summed E-state index contributed by atoms with van der Waals surface area (Å²) in [6.45, 7) is 1.92. The summed E-state index contributed by atoms with van der Waals surface area (Å²) in [6.07, 6.45) is 3.77. The van der Waals surface area contributed by atoms with Crippen LogP contribution < -0.4 is 0 Å². The fourth-order valence-electron chi connectivity index (χ4n) is 2.85. The molecule has 2 aromatic carbocycles. The highest BCUT2D eigenvalue weighted by Gasteiger charge is 2.12. The molecule has 0 aliphatic rings. The Morgan fingerprint density at radius 2 is 1.77 bits per heavy atom. The molecule has 0 aliphatic heterocycles. The summed E-state index contributed by atoms with van der Waals surface area (Å²) in [5.74, 6) is 0.170. The Bertz CT molecular complexity index is 1120. The van der Waals surface area contributed by atoms with Crippen molar-refractivity contribution in [2.45, 2.75) is 6.92 Å². The van der Waals surface area contributed by atoms with Gasteiger partial charge in [0.25, 0.3) is 0 Å². The van der Waals surface area contributed by atoms with E-state index in [-0.39, 0.29) is 5.75 Å². The molecule has 0 fully saturated rings. The zero-order valence-corrected chi connectivity index (χ0v) is 14.9. The Labute approximate surface area is 156 Å². The predicted molar refractivity (Wildman–Crippen MR) is 106 cm³/mol. The number of aromatic nitrogens is 3. The first kappa shape index (κ1) is 16.4. The molecule has 0 bridgehead atoms. The minimum absolute atomic E-state index is 0.170. The normalized spacial score (nSPS) is 11.5. The van der Waals surface area contributed by atoms with Gasteiger partial charge in [-0.25, -0.2) is 9.67 Å². The summed E-state index contributed by atoms with van der Waals surface area (Å²) in [5.41, 5.74) is 3.90. The van der Waals surface area contributed by atoms with Gasteiger partial charge in [-0.3, -0.25) is 0 Å². The maximum absolute atomic E-state index is 9.98. The van der Waals surface area contributed by atoms with E-state index in [1.807, 2.05) is 67.6 Å². The van der Waals surface area contributed by atoms with E-state index in [1.165, 1.54) is 0 Å². The number of hydrogen-bond acceptors (Lipinski definition) is 3. The Kier molecular flexibility index (Phi) is 4.19. The highest BCUT2D eigenvalue weighted by Crippen LogP contribution is 2.26.